The average Bonchev–Trinajstić information content (AvgIpc) is 3.30. The summed E-state index contributed by atoms with van der Waals surface area (Å²) in [6.45, 7) is 8.50. The minimum absolute atomic E-state index is 0.0303. The zero-order valence-electron chi connectivity index (χ0n) is 20.7. The number of aromatic nitrogens is 2. The molecule has 0 fully saturated rings. The van der Waals surface area contributed by atoms with E-state index >= 15 is 0 Å². The number of benzene rings is 2. The van der Waals surface area contributed by atoms with Crippen molar-refractivity contribution >= 4 is 33.9 Å². The highest BCUT2D eigenvalue weighted by atomic mass is 32.2. The fourth-order valence-electron chi connectivity index (χ4n) is 4.03. The molecule has 4 rings (SSSR count). The number of ether oxygens (including phenoxy) is 1. The molecule has 1 aliphatic rings. The molecule has 0 saturated carbocycles. The van der Waals surface area contributed by atoms with E-state index in [1.807, 2.05) is 49.9 Å². The van der Waals surface area contributed by atoms with Gasteiger partial charge in [0.1, 0.15) is 5.69 Å². The monoisotopic (exact) mass is 473 g/mol. The van der Waals surface area contributed by atoms with Gasteiger partial charge in [0.2, 0.25) is 5.88 Å². The third-order valence-corrected chi connectivity index (χ3v) is 7.17. The Morgan fingerprint density at radius 1 is 1.00 bits per heavy atom. The van der Waals surface area contributed by atoms with Gasteiger partial charge in [0.15, 0.2) is 0 Å². The lowest BCUT2D eigenvalue weighted by Crippen LogP contribution is -2.09. The maximum Gasteiger partial charge on any atom is 0.241 e. The minimum Gasteiger partial charge on any atom is -0.473 e. The largest absolute Gasteiger partial charge is 0.473 e. The molecule has 1 unspecified atom stereocenters. The number of aliphatic imine (C=N–C) groups is 1. The van der Waals surface area contributed by atoms with Gasteiger partial charge in [0.05, 0.1) is 28.2 Å². The van der Waals surface area contributed by atoms with Crippen molar-refractivity contribution in [2.24, 2.45) is 10.9 Å². The van der Waals surface area contributed by atoms with E-state index in [2.05, 4.69) is 50.3 Å². The summed E-state index contributed by atoms with van der Waals surface area (Å²) in [4.78, 5) is 14.5. The molecule has 0 spiro atoms. The van der Waals surface area contributed by atoms with E-state index in [1.54, 1.807) is 0 Å². The summed E-state index contributed by atoms with van der Waals surface area (Å²) in [5.41, 5.74) is 4.70. The second-order valence-corrected chi connectivity index (χ2v) is 10.5. The smallest absolute Gasteiger partial charge is 0.241 e. The summed E-state index contributed by atoms with van der Waals surface area (Å²) >= 11 is 1.95. The number of fused-ring (bicyclic) bond motifs is 1. The molecule has 2 heterocycles. The third-order valence-electron chi connectivity index (χ3n) is 5.74. The first kappa shape index (κ1) is 24.5. The Hall–Kier alpha value is -2.66. The first-order valence-electron chi connectivity index (χ1n) is 12.4. The fraction of sp³-hybridized carbons (Fsp3) is 0.414. The zero-order chi connectivity index (χ0) is 23.9. The van der Waals surface area contributed by atoms with Crippen molar-refractivity contribution in [2.45, 2.75) is 65.5 Å². The van der Waals surface area contributed by atoms with Crippen LogP contribution in [0.25, 0.3) is 28.4 Å². The van der Waals surface area contributed by atoms with Crippen LogP contribution in [0.3, 0.4) is 0 Å². The van der Waals surface area contributed by atoms with E-state index < -0.39 is 0 Å². The lowest BCUT2D eigenvalue weighted by Gasteiger charge is -2.14. The summed E-state index contributed by atoms with van der Waals surface area (Å²) in [6.07, 6.45) is 9.24. The maximum atomic E-state index is 6.03. The van der Waals surface area contributed by atoms with Gasteiger partial charge in [-0.3, -0.25) is 4.99 Å². The van der Waals surface area contributed by atoms with E-state index in [9.17, 15) is 0 Å². The van der Waals surface area contributed by atoms with Gasteiger partial charge in [-0.1, -0.05) is 62.8 Å². The molecule has 1 aliphatic heterocycles. The molecular weight excluding hydrogens is 438 g/mol. The molecule has 0 radical (unpaired) electrons. The Labute approximate surface area is 208 Å². The summed E-state index contributed by atoms with van der Waals surface area (Å²) in [6, 6.07) is 16.9. The third kappa shape index (κ3) is 6.47. The fourth-order valence-corrected chi connectivity index (χ4v) is 5.19. The molecule has 0 bridgehead atoms. The van der Waals surface area contributed by atoms with E-state index in [1.165, 1.54) is 29.9 Å². The van der Waals surface area contributed by atoms with Crippen LogP contribution in [-0.2, 0) is 0 Å². The highest BCUT2D eigenvalue weighted by Crippen LogP contribution is 2.30. The number of thioether (sulfide) groups is 1. The van der Waals surface area contributed by atoms with Crippen LogP contribution in [0.15, 0.2) is 59.6 Å². The number of allylic oxidation sites excluding steroid dienone is 1. The van der Waals surface area contributed by atoms with Crippen LogP contribution in [0.4, 0.5) is 0 Å². The Morgan fingerprint density at radius 3 is 2.53 bits per heavy atom. The van der Waals surface area contributed by atoms with Crippen LogP contribution in [0.5, 0.6) is 5.88 Å². The van der Waals surface area contributed by atoms with Crippen molar-refractivity contribution in [3.63, 3.8) is 0 Å². The normalized spacial score (nSPS) is 16.2. The molecular formula is C29H35N3OS. The topological polar surface area (TPSA) is 47.4 Å². The Balaban J connectivity index is 1.39. The van der Waals surface area contributed by atoms with Crippen LogP contribution >= 0.6 is 11.8 Å². The second kappa shape index (κ2) is 11.7. The van der Waals surface area contributed by atoms with Crippen LogP contribution < -0.4 is 4.74 Å². The molecule has 34 heavy (non-hydrogen) atoms. The SMILES string of the molecule is CC(C)Oc1nc2ccccc2nc1-c1cccc(/C=C/CCCCC2CSC(C(C)C)=N2)c1. The molecule has 178 valence electrons. The van der Waals surface area contributed by atoms with Gasteiger partial charge in [-0.25, -0.2) is 9.97 Å². The van der Waals surface area contributed by atoms with Gasteiger partial charge < -0.3 is 4.74 Å². The van der Waals surface area contributed by atoms with Crippen molar-refractivity contribution in [3.05, 3.63) is 60.2 Å². The number of nitrogens with zero attached hydrogens (tertiary/aromatic N) is 3. The van der Waals surface area contributed by atoms with E-state index in [0.29, 0.717) is 17.8 Å². The van der Waals surface area contributed by atoms with Gasteiger partial charge in [-0.2, -0.15) is 0 Å². The first-order valence-corrected chi connectivity index (χ1v) is 13.4. The molecule has 5 heteroatoms. The highest BCUT2D eigenvalue weighted by Gasteiger charge is 2.19. The van der Waals surface area contributed by atoms with Crippen LogP contribution in [0, 0.1) is 5.92 Å². The zero-order valence-corrected chi connectivity index (χ0v) is 21.5. The summed E-state index contributed by atoms with van der Waals surface area (Å²) in [5, 5.41) is 1.34. The van der Waals surface area contributed by atoms with Gasteiger partial charge in [-0.15, -0.1) is 11.8 Å². The van der Waals surface area contributed by atoms with Crippen LogP contribution in [0.2, 0.25) is 0 Å². The maximum absolute atomic E-state index is 6.03. The Kier molecular flexibility index (Phi) is 8.39. The van der Waals surface area contributed by atoms with Gasteiger partial charge in [0, 0.05) is 17.2 Å². The van der Waals surface area contributed by atoms with Gasteiger partial charge in [0.25, 0.3) is 0 Å². The standard InChI is InChI=1S/C29H35N3OS/c1-20(2)29-30-24(19-34-29)15-8-6-5-7-12-22-13-11-14-23(18-22)27-28(33-21(3)4)32-26-17-10-9-16-25(26)31-27/h7,9-14,16-18,20-21,24H,5-6,8,15,19H2,1-4H3/b12-7+. The molecule has 0 aliphatic carbocycles. The summed E-state index contributed by atoms with van der Waals surface area (Å²) in [7, 11) is 0. The van der Waals surface area contributed by atoms with Crippen molar-refractivity contribution < 1.29 is 4.74 Å². The van der Waals surface area contributed by atoms with E-state index in [4.69, 9.17) is 19.7 Å². The van der Waals surface area contributed by atoms with Crippen molar-refractivity contribution in [2.75, 3.05) is 5.75 Å². The molecule has 0 N–H and O–H groups in total. The molecule has 4 nitrogen and oxygen atoms in total. The van der Waals surface area contributed by atoms with Crippen LogP contribution in [0.1, 0.15) is 58.9 Å². The molecule has 1 aromatic heterocycles. The highest BCUT2D eigenvalue weighted by molar-refractivity contribution is 8.14. The Bertz CT molecular complexity index is 1170. The number of unbranched alkanes of at least 4 members (excludes halogenated alkanes) is 2. The number of para-hydroxylation sites is 2. The average molecular weight is 474 g/mol. The molecule has 0 saturated heterocycles. The van der Waals surface area contributed by atoms with Crippen molar-refractivity contribution in [3.8, 4) is 17.1 Å². The number of hydrogen-bond acceptors (Lipinski definition) is 5. The minimum atomic E-state index is 0.0303. The lowest BCUT2D eigenvalue weighted by molar-refractivity contribution is 0.234. The molecule has 1 atom stereocenters. The van der Waals surface area contributed by atoms with E-state index in [0.717, 1.165) is 34.5 Å². The number of rotatable bonds is 10. The van der Waals surface area contributed by atoms with Gasteiger partial charge >= 0.3 is 0 Å². The molecule has 2 aromatic carbocycles. The van der Waals surface area contributed by atoms with E-state index in [-0.39, 0.29) is 6.10 Å². The predicted molar refractivity (Wildman–Crippen MR) is 147 cm³/mol. The molecule has 0 amide bonds. The summed E-state index contributed by atoms with van der Waals surface area (Å²) < 4.78 is 6.03. The Morgan fingerprint density at radius 2 is 1.79 bits per heavy atom. The summed E-state index contributed by atoms with van der Waals surface area (Å²) in [5.74, 6) is 2.32. The second-order valence-electron chi connectivity index (χ2n) is 9.43. The molecule has 3 aromatic rings. The lowest BCUT2D eigenvalue weighted by atomic mass is 10.1. The predicted octanol–water partition coefficient (Wildman–Crippen LogP) is 7.83. The quantitative estimate of drug-likeness (QED) is 0.282. The van der Waals surface area contributed by atoms with Crippen molar-refractivity contribution in [1.82, 2.24) is 9.97 Å². The first-order chi connectivity index (χ1) is 16.5. The van der Waals surface area contributed by atoms with Crippen LogP contribution in [-0.4, -0.2) is 32.9 Å². The van der Waals surface area contributed by atoms with Crippen molar-refractivity contribution in [1.29, 1.82) is 0 Å². The number of hydrogen-bond donors (Lipinski definition) is 0. The van der Waals surface area contributed by atoms with Gasteiger partial charge in [-0.05, 0) is 56.9 Å².